The quantitative estimate of drug-likeness (QED) is 0.787. The summed E-state index contributed by atoms with van der Waals surface area (Å²) in [6.07, 6.45) is 2.12. The first-order valence-corrected chi connectivity index (χ1v) is 10.3. The maximum absolute atomic E-state index is 12.7. The summed E-state index contributed by atoms with van der Waals surface area (Å²) in [5.41, 5.74) is 0.467. The summed E-state index contributed by atoms with van der Waals surface area (Å²) in [5, 5.41) is 3.16. The lowest BCUT2D eigenvalue weighted by atomic mass is 9.94. The van der Waals surface area contributed by atoms with Crippen LogP contribution in [0.25, 0.3) is 0 Å². The predicted molar refractivity (Wildman–Crippen MR) is 107 cm³/mol. The standard InChI is InChI=1S/C19H31N3O3S/c1-19(2,15-6-7-16(24-3)17(14-15)25-4)20-18(23)22-10-8-21(9-11-22)12-13-26-5/h6-7,14H,8-13H2,1-5H3,(H,20,23). The monoisotopic (exact) mass is 381 g/mol. The predicted octanol–water partition coefficient (Wildman–Crippen LogP) is 2.63. The third kappa shape index (κ3) is 5.20. The lowest BCUT2D eigenvalue weighted by Crippen LogP contribution is -2.55. The third-order valence-electron chi connectivity index (χ3n) is 4.80. The van der Waals surface area contributed by atoms with Gasteiger partial charge in [0.15, 0.2) is 11.5 Å². The smallest absolute Gasteiger partial charge is 0.318 e. The molecule has 146 valence electrons. The lowest BCUT2D eigenvalue weighted by molar-refractivity contribution is 0.137. The van der Waals surface area contributed by atoms with Gasteiger partial charge in [-0.3, -0.25) is 4.90 Å². The zero-order valence-corrected chi connectivity index (χ0v) is 17.3. The number of ether oxygens (including phenoxy) is 2. The first-order valence-electron chi connectivity index (χ1n) is 8.92. The first-order chi connectivity index (χ1) is 12.4. The van der Waals surface area contributed by atoms with E-state index in [2.05, 4.69) is 16.5 Å². The van der Waals surface area contributed by atoms with Gasteiger partial charge in [0.1, 0.15) is 0 Å². The van der Waals surface area contributed by atoms with E-state index in [0.29, 0.717) is 11.5 Å². The Morgan fingerprint density at radius 3 is 2.38 bits per heavy atom. The highest BCUT2D eigenvalue weighted by Gasteiger charge is 2.28. The highest BCUT2D eigenvalue weighted by molar-refractivity contribution is 7.98. The number of hydrogen-bond donors (Lipinski definition) is 1. The molecule has 0 atom stereocenters. The maximum atomic E-state index is 12.7. The number of benzene rings is 1. The second kappa shape index (κ2) is 9.37. The molecule has 26 heavy (non-hydrogen) atoms. The molecule has 1 saturated heterocycles. The van der Waals surface area contributed by atoms with Crippen molar-refractivity contribution in [3.05, 3.63) is 23.8 Å². The molecule has 1 aromatic carbocycles. The Hall–Kier alpha value is -1.60. The number of methoxy groups -OCH3 is 2. The van der Waals surface area contributed by atoms with E-state index in [-0.39, 0.29) is 6.03 Å². The molecular formula is C19H31N3O3S. The second-order valence-electron chi connectivity index (χ2n) is 6.95. The van der Waals surface area contributed by atoms with E-state index >= 15 is 0 Å². The van der Waals surface area contributed by atoms with Crippen LogP contribution in [0, 0.1) is 0 Å². The number of nitrogens with zero attached hydrogens (tertiary/aromatic N) is 2. The van der Waals surface area contributed by atoms with Gasteiger partial charge in [0, 0.05) is 38.5 Å². The molecule has 2 rings (SSSR count). The molecule has 6 nitrogen and oxygen atoms in total. The fourth-order valence-corrected chi connectivity index (χ4v) is 3.48. The fraction of sp³-hybridized carbons (Fsp3) is 0.632. The van der Waals surface area contributed by atoms with Crippen LogP contribution >= 0.6 is 11.8 Å². The highest BCUT2D eigenvalue weighted by Crippen LogP contribution is 2.32. The molecular weight excluding hydrogens is 350 g/mol. The molecule has 1 aliphatic rings. The molecule has 0 spiro atoms. The Kier molecular flexibility index (Phi) is 7.46. The van der Waals surface area contributed by atoms with Crippen molar-refractivity contribution < 1.29 is 14.3 Å². The molecule has 0 aliphatic carbocycles. The van der Waals surface area contributed by atoms with Gasteiger partial charge in [-0.2, -0.15) is 11.8 Å². The summed E-state index contributed by atoms with van der Waals surface area (Å²) in [4.78, 5) is 17.0. The van der Waals surface area contributed by atoms with Crippen molar-refractivity contribution >= 4 is 17.8 Å². The summed E-state index contributed by atoms with van der Waals surface area (Å²) in [7, 11) is 3.23. The molecule has 1 aromatic rings. The lowest BCUT2D eigenvalue weighted by Gasteiger charge is -2.37. The minimum absolute atomic E-state index is 0.0192. The molecule has 7 heteroatoms. The van der Waals surface area contributed by atoms with Gasteiger partial charge in [-0.1, -0.05) is 6.07 Å². The summed E-state index contributed by atoms with van der Waals surface area (Å²) in [6, 6.07) is 5.72. The van der Waals surface area contributed by atoms with Crippen molar-refractivity contribution in [1.29, 1.82) is 0 Å². The van der Waals surface area contributed by atoms with Crippen LogP contribution in [0.15, 0.2) is 18.2 Å². The van der Waals surface area contributed by atoms with Gasteiger partial charge < -0.3 is 19.7 Å². The van der Waals surface area contributed by atoms with Gasteiger partial charge in [0.05, 0.1) is 19.8 Å². The van der Waals surface area contributed by atoms with Crippen LogP contribution in [-0.4, -0.2) is 74.8 Å². The van der Waals surface area contributed by atoms with Crippen molar-refractivity contribution in [2.75, 3.05) is 59.0 Å². The van der Waals surface area contributed by atoms with Crippen LogP contribution in [-0.2, 0) is 5.54 Å². The van der Waals surface area contributed by atoms with Gasteiger partial charge in [-0.25, -0.2) is 4.79 Å². The van der Waals surface area contributed by atoms with E-state index in [0.717, 1.165) is 44.0 Å². The van der Waals surface area contributed by atoms with Crippen molar-refractivity contribution in [2.45, 2.75) is 19.4 Å². The molecule has 0 radical (unpaired) electrons. The van der Waals surface area contributed by atoms with Gasteiger partial charge in [-0.15, -0.1) is 0 Å². The minimum Gasteiger partial charge on any atom is -0.493 e. The SMILES string of the molecule is COc1ccc(C(C)(C)NC(=O)N2CCN(CCSC)CC2)cc1OC. The topological polar surface area (TPSA) is 54.0 Å². The Morgan fingerprint density at radius 2 is 1.81 bits per heavy atom. The number of rotatable bonds is 7. The molecule has 1 aliphatic heterocycles. The van der Waals surface area contributed by atoms with Crippen molar-refractivity contribution in [2.24, 2.45) is 0 Å². The van der Waals surface area contributed by atoms with Crippen LogP contribution in [0.5, 0.6) is 11.5 Å². The average Bonchev–Trinajstić information content (AvgIpc) is 2.65. The van der Waals surface area contributed by atoms with Crippen LogP contribution in [0.3, 0.4) is 0 Å². The normalized spacial score (nSPS) is 15.7. The number of piperazine rings is 1. The van der Waals surface area contributed by atoms with Crippen molar-refractivity contribution in [3.63, 3.8) is 0 Å². The van der Waals surface area contributed by atoms with E-state index in [1.165, 1.54) is 0 Å². The Bertz CT molecular complexity index is 602. The largest absolute Gasteiger partial charge is 0.493 e. The number of carbonyl (C=O) groups excluding carboxylic acids is 1. The number of hydrogen-bond acceptors (Lipinski definition) is 5. The van der Waals surface area contributed by atoms with Crippen LogP contribution in [0.2, 0.25) is 0 Å². The third-order valence-corrected chi connectivity index (χ3v) is 5.39. The number of amides is 2. The molecule has 0 unspecified atom stereocenters. The molecule has 2 amide bonds. The summed E-state index contributed by atoms with van der Waals surface area (Å²) in [5.74, 6) is 2.48. The molecule has 1 fully saturated rings. The van der Waals surface area contributed by atoms with Crippen molar-refractivity contribution in [1.82, 2.24) is 15.1 Å². The van der Waals surface area contributed by atoms with Crippen LogP contribution in [0.1, 0.15) is 19.4 Å². The highest BCUT2D eigenvalue weighted by atomic mass is 32.2. The average molecular weight is 382 g/mol. The van der Waals surface area contributed by atoms with E-state index in [9.17, 15) is 4.79 Å². The zero-order valence-electron chi connectivity index (χ0n) is 16.5. The van der Waals surface area contributed by atoms with Gasteiger partial charge in [-0.05, 0) is 37.8 Å². The first kappa shape index (κ1) is 20.7. The number of urea groups is 1. The van der Waals surface area contributed by atoms with Crippen molar-refractivity contribution in [3.8, 4) is 11.5 Å². The zero-order chi connectivity index (χ0) is 19.2. The van der Waals surface area contributed by atoms with Gasteiger partial charge >= 0.3 is 6.03 Å². The van der Waals surface area contributed by atoms with Crippen LogP contribution < -0.4 is 14.8 Å². The van der Waals surface area contributed by atoms with Gasteiger partial charge in [0.2, 0.25) is 0 Å². The fourth-order valence-electron chi connectivity index (χ4n) is 3.04. The molecule has 0 bridgehead atoms. The van der Waals surface area contributed by atoms with E-state index in [1.807, 2.05) is 48.7 Å². The Balaban J connectivity index is 1.97. The molecule has 0 aromatic heterocycles. The Labute approximate surface area is 161 Å². The number of carbonyl (C=O) groups is 1. The van der Waals surface area contributed by atoms with E-state index in [4.69, 9.17) is 9.47 Å². The number of thioether (sulfide) groups is 1. The minimum atomic E-state index is -0.507. The molecule has 1 N–H and O–H groups in total. The summed E-state index contributed by atoms with van der Waals surface area (Å²) in [6.45, 7) is 8.50. The molecule has 0 saturated carbocycles. The molecule has 1 heterocycles. The second-order valence-corrected chi connectivity index (χ2v) is 7.93. The van der Waals surface area contributed by atoms with Gasteiger partial charge in [0.25, 0.3) is 0 Å². The van der Waals surface area contributed by atoms with E-state index < -0.39 is 5.54 Å². The maximum Gasteiger partial charge on any atom is 0.318 e. The van der Waals surface area contributed by atoms with E-state index in [1.54, 1.807) is 14.2 Å². The van der Waals surface area contributed by atoms with Crippen LogP contribution in [0.4, 0.5) is 4.79 Å². The summed E-state index contributed by atoms with van der Waals surface area (Å²) < 4.78 is 10.7. The Morgan fingerprint density at radius 1 is 1.15 bits per heavy atom. The summed E-state index contributed by atoms with van der Waals surface area (Å²) >= 11 is 1.86. The number of nitrogens with one attached hydrogen (secondary N) is 1.